The molecule has 0 aromatic carbocycles. The predicted octanol–water partition coefficient (Wildman–Crippen LogP) is 2.43. The van der Waals surface area contributed by atoms with E-state index in [9.17, 15) is 8.42 Å². The van der Waals surface area contributed by atoms with Crippen molar-refractivity contribution in [1.29, 1.82) is 0 Å². The summed E-state index contributed by atoms with van der Waals surface area (Å²) in [6.45, 7) is 6.69. The van der Waals surface area contributed by atoms with Crippen LogP contribution < -0.4 is 0 Å². The molecular weight excluding hydrogens is 312 g/mol. The first-order valence-electron chi connectivity index (χ1n) is 7.25. The van der Waals surface area contributed by atoms with E-state index in [2.05, 4.69) is 11.8 Å². The van der Waals surface area contributed by atoms with Gasteiger partial charge in [-0.3, -0.25) is 0 Å². The van der Waals surface area contributed by atoms with Gasteiger partial charge in [-0.2, -0.15) is 4.31 Å². The number of likely N-dealkylation sites (tertiary alicyclic amines) is 1. The summed E-state index contributed by atoms with van der Waals surface area (Å²) in [6.07, 6.45) is 1.73. The third-order valence-corrected chi connectivity index (χ3v) is 6.51. The lowest BCUT2D eigenvalue weighted by molar-refractivity contribution is 0.176. The SMILES string of the molecule is CCN1CCC(N(C)S(=O)(=O)c2cc(CCl)oc2C)CC1. The molecule has 1 aliphatic rings. The smallest absolute Gasteiger partial charge is 0.246 e. The zero-order chi connectivity index (χ0) is 15.6. The number of piperidine rings is 1. The maximum atomic E-state index is 12.7. The van der Waals surface area contributed by atoms with Gasteiger partial charge in [-0.1, -0.05) is 6.92 Å². The van der Waals surface area contributed by atoms with Crippen molar-refractivity contribution in [2.45, 2.75) is 43.5 Å². The van der Waals surface area contributed by atoms with E-state index in [1.165, 1.54) is 10.4 Å². The molecule has 7 heteroatoms. The Bertz CT molecular complexity index is 577. The van der Waals surface area contributed by atoms with Crippen LogP contribution in [0.1, 0.15) is 31.3 Å². The molecule has 0 unspecified atom stereocenters. The fourth-order valence-electron chi connectivity index (χ4n) is 2.80. The van der Waals surface area contributed by atoms with Crippen molar-refractivity contribution in [3.8, 4) is 0 Å². The molecule has 5 nitrogen and oxygen atoms in total. The van der Waals surface area contributed by atoms with E-state index in [0.717, 1.165) is 32.5 Å². The third kappa shape index (κ3) is 3.44. The highest BCUT2D eigenvalue weighted by atomic mass is 35.5. The van der Waals surface area contributed by atoms with Gasteiger partial charge in [0.05, 0.1) is 5.88 Å². The number of nitrogens with zero attached hydrogens (tertiary/aromatic N) is 2. The summed E-state index contributed by atoms with van der Waals surface area (Å²) >= 11 is 5.71. The van der Waals surface area contributed by atoms with Gasteiger partial charge >= 0.3 is 0 Å². The van der Waals surface area contributed by atoms with Gasteiger partial charge < -0.3 is 9.32 Å². The number of sulfonamides is 1. The van der Waals surface area contributed by atoms with Crippen LogP contribution in [0, 0.1) is 6.92 Å². The molecule has 0 radical (unpaired) electrons. The molecule has 0 saturated carbocycles. The lowest BCUT2D eigenvalue weighted by Gasteiger charge is -2.35. The van der Waals surface area contributed by atoms with Crippen LogP contribution in [0.3, 0.4) is 0 Å². The summed E-state index contributed by atoms with van der Waals surface area (Å²) in [5.41, 5.74) is 0. The number of furan rings is 1. The number of hydrogen-bond donors (Lipinski definition) is 0. The Morgan fingerprint density at radius 3 is 2.52 bits per heavy atom. The van der Waals surface area contributed by atoms with Gasteiger partial charge in [-0.15, -0.1) is 11.6 Å². The van der Waals surface area contributed by atoms with E-state index in [4.69, 9.17) is 16.0 Å². The molecule has 0 N–H and O–H groups in total. The molecule has 120 valence electrons. The number of alkyl halides is 1. The van der Waals surface area contributed by atoms with E-state index in [-0.39, 0.29) is 16.8 Å². The van der Waals surface area contributed by atoms with Crippen molar-refractivity contribution in [3.05, 3.63) is 17.6 Å². The summed E-state index contributed by atoms with van der Waals surface area (Å²) in [5.74, 6) is 1.07. The topological polar surface area (TPSA) is 53.8 Å². The minimum absolute atomic E-state index is 0.0477. The second-order valence-corrected chi connectivity index (χ2v) is 7.69. The molecular formula is C14H23ClN2O3S. The van der Waals surface area contributed by atoms with Gasteiger partial charge in [0.1, 0.15) is 16.4 Å². The average molecular weight is 335 g/mol. The van der Waals surface area contributed by atoms with Crippen LogP contribution in [0.25, 0.3) is 0 Å². The minimum Gasteiger partial charge on any atom is -0.464 e. The summed E-state index contributed by atoms with van der Waals surface area (Å²) < 4.78 is 32.4. The van der Waals surface area contributed by atoms with Crippen LogP contribution >= 0.6 is 11.6 Å². The molecule has 0 spiro atoms. The van der Waals surface area contributed by atoms with Crippen molar-refractivity contribution in [2.24, 2.45) is 0 Å². The van der Waals surface area contributed by atoms with Crippen molar-refractivity contribution < 1.29 is 12.8 Å². The molecule has 0 bridgehead atoms. The minimum atomic E-state index is -3.52. The van der Waals surface area contributed by atoms with E-state index in [1.807, 2.05) is 0 Å². The Labute approximate surface area is 131 Å². The van der Waals surface area contributed by atoms with Gasteiger partial charge in [-0.05, 0) is 39.4 Å². The lowest BCUT2D eigenvalue weighted by Crippen LogP contribution is -2.45. The maximum Gasteiger partial charge on any atom is 0.246 e. The standard InChI is InChI=1S/C14H23ClN2O3S/c1-4-17-7-5-12(6-8-17)16(3)21(18,19)14-9-13(10-15)20-11(14)2/h9,12H,4-8,10H2,1-3H3. The number of hydrogen-bond acceptors (Lipinski definition) is 4. The monoisotopic (exact) mass is 334 g/mol. The number of halogens is 1. The third-order valence-electron chi connectivity index (χ3n) is 4.23. The van der Waals surface area contributed by atoms with Crippen molar-refractivity contribution in [3.63, 3.8) is 0 Å². The molecule has 1 aromatic heterocycles. The Hall–Kier alpha value is -0.560. The molecule has 1 saturated heterocycles. The Morgan fingerprint density at radius 1 is 1.43 bits per heavy atom. The van der Waals surface area contributed by atoms with Crippen LogP contribution in [0.15, 0.2) is 15.4 Å². The summed E-state index contributed by atoms with van der Waals surface area (Å²) in [7, 11) is -1.86. The van der Waals surface area contributed by atoms with Gasteiger partial charge in [-0.25, -0.2) is 8.42 Å². The second kappa shape index (κ2) is 6.69. The molecule has 0 atom stereocenters. The van der Waals surface area contributed by atoms with Crippen molar-refractivity contribution in [1.82, 2.24) is 9.21 Å². The quantitative estimate of drug-likeness (QED) is 0.776. The normalized spacial score (nSPS) is 18.5. The van der Waals surface area contributed by atoms with Crippen LogP contribution in [0.5, 0.6) is 0 Å². The fraction of sp³-hybridized carbons (Fsp3) is 0.714. The Morgan fingerprint density at radius 2 is 2.05 bits per heavy atom. The average Bonchev–Trinajstić information content (AvgIpc) is 2.88. The molecule has 2 rings (SSSR count). The highest BCUT2D eigenvalue weighted by Crippen LogP contribution is 2.27. The van der Waals surface area contributed by atoms with E-state index < -0.39 is 10.0 Å². The summed E-state index contributed by atoms with van der Waals surface area (Å²) in [4.78, 5) is 2.57. The zero-order valence-corrected chi connectivity index (χ0v) is 14.4. The van der Waals surface area contributed by atoms with Gasteiger partial charge in [0, 0.05) is 19.2 Å². The first-order valence-corrected chi connectivity index (χ1v) is 9.23. The fourth-order valence-corrected chi connectivity index (χ4v) is 4.53. The van der Waals surface area contributed by atoms with E-state index in [1.54, 1.807) is 14.0 Å². The molecule has 0 amide bonds. The molecule has 1 aliphatic heterocycles. The zero-order valence-electron chi connectivity index (χ0n) is 12.8. The van der Waals surface area contributed by atoms with Gasteiger partial charge in [0.25, 0.3) is 0 Å². The highest BCUT2D eigenvalue weighted by Gasteiger charge is 2.32. The van der Waals surface area contributed by atoms with Crippen LogP contribution in [-0.2, 0) is 15.9 Å². The van der Waals surface area contributed by atoms with E-state index >= 15 is 0 Å². The first kappa shape index (κ1) is 16.8. The van der Waals surface area contributed by atoms with Crippen molar-refractivity contribution >= 4 is 21.6 Å². The second-order valence-electron chi connectivity index (χ2n) is 5.45. The van der Waals surface area contributed by atoms with Gasteiger partial charge in [0.2, 0.25) is 10.0 Å². The van der Waals surface area contributed by atoms with Crippen LogP contribution in [0.2, 0.25) is 0 Å². The Balaban J connectivity index is 2.17. The molecule has 0 aliphatic carbocycles. The lowest BCUT2D eigenvalue weighted by atomic mass is 10.1. The summed E-state index contributed by atoms with van der Waals surface area (Å²) in [6, 6.07) is 1.58. The van der Waals surface area contributed by atoms with E-state index in [0.29, 0.717) is 11.5 Å². The maximum absolute atomic E-state index is 12.7. The number of rotatable bonds is 5. The molecule has 21 heavy (non-hydrogen) atoms. The van der Waals surface area contributed by atoms with Crippen LogP contribution in [-0.4, -0.2) is 50.3 Å². The largest absolute Gasteiger partial charge is 0.464 e. The number of aryl methyl sites for hydroxylation is 1. The first-order chi connectivity index (χ1) is 9.90. The molecule has 2 heterocycles. The van der Waals surface area contributed by atoms with Crippen LogP contribution in [0.4, 0.5) is 0 Å². The predicted molar refractivity (Wildman–Crippen MR) is 83.1 cm³/mol. The van der Waals surface area contributed by atoms with Crippen molar-refractivity contribution in [2.75, 3.05) is 26.7 Å². The van der Waals surface area contributed by atoms with Gasteiger partial charge in [0.15, 0.2) is 0 Å². The Kier molecular flexibility index (Phi) is 5.35. The molecule has 1 aromatic rings. The molecule has 1 fully saturated rings. The summed E-state index contributed by atoms with van der Waals surface area (Å²) in [5, 5.41) is 0. The highest BCUT2D eigenvalue weighted by molar-refractivity contribution is 7.89.